The Morgan fingerprint density at radius 3 is 2.38 bits per heavy atom. The van der Waals surface area contributed by atoms with E-state index in [1.54, 1.807) is 0 Å². The smallest absolute Gasteiger partial charge is 0.231 e. The monoisotopic (exact) mass is 560 g/mol. The summed E-state index contributed by atoms with van der Waals surface area (Å²) >= 11 is 0. The Morgan fingerprint density at radius 2 is 1.55 bits per heavy atom. The molecule has 0 aliphatic carbocycles. The summed E-state index contributed by atoms with van der Waals surface area (Å²) in [6.45, 7) is 5.33. The molecule has 212 valence electrons. The first kappa shape index (κ1) is 26.0. The molecule has 2 aromatic heterocycles. The molecule has 3 aromatic carbocycles. The number of anilines is 1. The average molecular weight is 561 g/mol. The van der Waals surface area contributed by atoms with Crippen molar-refractivity contribution >= 4 is 22.6 Å². The number of rotatable bonds is 8. The zero-order valence-electron chi connectivity index (χ0n) is 23.3. The van der Waals surface area contributed by atoms with Gasteiger partial charge in [0, 0.05) is 50.9 Å². The van der Waals surface area contributed by atoms with E-state index in [1.807, 2.05) is 71.4 Å². The lowest BCUT2D eigenvalue weighted by atomic mass is 10.1. The van der Waals surface area contributed by atoms with Crippen molar-refractivity contribution in [1.29, 1.82) is 0 Å². The highest BCUT2D eigenvalue weighted by Gasteiger charge is 2.21. The third kappa shape index (κ3) is 5.51. The lowest BCUT2D eigenvalue weighted by Crippen LogP contribution is -2.46. The fourth-order valence-electron chi connectivity index (χ4n) is 5.66. The van der Waals surface area contributed by atoms with Gasteiger partial charge in [0.05, 0.1) is 11.9 Å². The van der Waals surface area contributed by atoms with Crippen LogP contribution in [0.5, 0.6) is 11.5 Å². The van der Waals surface area contributed by atoms with Gasteiger partial charge >= 0.3 is 0 Å². The van der Waals surface area contributed by atoms with E-state index in [0.717, 1.165) is 77.9 Å². The summed E-state index contributed by atoms with van der Waals surface area (Å²) in [5, 5.41) is 13.3. The van der Waals surface area contributed by atoms with Gasteiger partial charge in [0.25, 0.3) is 0 Å². The van der Waals surface area contributed by atoms with Crippen molar-refractivity contribution < 1.29 is 14.3 Å². The predicted molar refractivity (Wildman–Crippen MR) is 161 cm³/mol. The number of benzene rings is 3. The standard InChI is InChI=1S/C33H32N6O3/c40-33(34-20-24-6-2-1-3-7-24)19-26-22-39(28-9-5-4-8-27(26)28)32-13-12-31(35-36-32)38-16-14-37(15-17-38)21-25-10-11-29-30(18-25)42-23-41-29/h1-13,18,22H,14-17,19-21,23H2,(H,34,40). The first-order valence-corrected chi connectivity index (χ1v) is 14.3. The quantitative estimate of drug-likeness (QED) is 0.302. The minimum absolute atomic E-state index is 0.0131. The van der Waals surface area contributed by atoms with Gasteiger partial charge in [-0.25, -0.2) is 0 Å². The Morgan fingerprint density at radius 1 is 0.786 bits per heavy atom. The number of aromatic nitrogens is 3. The van der Waals surface area contributed by atoms with Crippen LogP contribution >= 0.6 is 0 Å². The largest absolute Gasteiger partial charge is 0.454 e. The van der Waals surface area contributed by atoms with Gasteiger partial charge in [0.15, 0.2) is 23.1 Å². The summed E-state index contributed by atoms with van der Waals surface area (Å²) in [6.07, 6.45) is 2.30. The van der Waals surface area contributed by atoms with Gasteiger partial charge in [0.1, 0.15) is 0 Å². The molecule has 2 aliphatic heterocycles. The SMILES string of the molecule is O=C(Cc1cn(-c2ccc(N3CCN(Cc4ccc5c(c4)OCO5)CC3)nn2)c2ccccc12)NCc1ccccc1. The van der Waals surface area contributed by atoms with Crippen molar-refractivity contribution in [3.05, 3.63) is 108 Å². The predicted octanol–water partition coefficient (Wildman–Crippen LogP) is 4.33. The van der Waals surface area contributed by atoms with Crippen molar-refractivity contribution in [3.8, 4) is 17.3 Å². The first-order valence-electron chi connectivity index (χ1n) is 14.3. The minimum atomic E-state index is -0.0131. The van der Waals surface area contributed by atoms with E-state index in [1.165, 1.54) is 5.56 Å². The number of piperazine rings is 1. The third-order valence-electron chi connectivity index (χ3n) is 7.90. The van der Waals surface area contributed by atoms with Crippen LogP contribution in [0.25, 0.3) is 16.7 Å². The molecule has 4 heterocycles. The molecule has 1 amide bonds. The number of fused-ring (bicyclic) bond motifs is 2. The van der Waals surface area contributed by atoms with Gasteiger partial charge in [-0.2, -0.15) is 0 Å². The number of nitrogens with one attached hydrogen (secondary N) is 1. The summed E-state index contributed by atoms with van der Waals surface area (Å²) < 4.78 is 13.0. The Kier molecular flexibility index (Phi) is 7.15. The number of carbonyl (C=O) groups excluding carboxylic acids is 1. The second kappa shape index (κ2) is 11.5. The number of carbonyl (C=O) groups is 1. The van der Waals surface area contributed by atoms with Gasteiger partial charge < -0.3 is 19.7 Å². The van der Waals surface area contributed by atoms with E-state index in [9.17, 15) is 4.79 Å². The number of hydrogen-bond donors (Lipinski definition) is 1. The van der Waals surface area contributed by atoms with E-state index in [0.29, 0.717) is 19.8 Å². The molecule has 0 radical (unpaired) electrons. The molecular weight excluding hydrogens is 528 g/mol. The number of ether oxygens (including phenoxy) is 2. The number of para-hydroxylation sites is 1. The summed E-state index contributed by atoms with van der Waals surface area (Å²) in [6, 6.07) is 28.3. The van der Waals surface area contributed by atoms with Crippen LogP contribution in [0.2, 0.25) is 0 Å². The van der Waals surface area contributed by atoms with Gasteiger partial charge in [0.2, 0.25) is 12.7 Å². The molecule has 5 aromatic rings. The van der Waals surface area contributed by atoms with Crippen LogP contribution in [-0.2, 0) is 24.3 Å². The van der Waals surface area contributed by atoms with E-state index in [-0.39, 0.29) is 5.91 Å². The van der Waals surface area contributed by atoms with E-state index < -0.39 is 0 Å². The van der Waals surface area contributed by atoms with E-state index >= 15 is 0 Å². The average Bonchev–Trinajstić information content (AvgIpc) is 3.66. The Bertz CT molecular complexity index is 1690. The second-order valence-corrected chi connectivity index (χ2v) is 10.7. The molecule has 2 aliphatic rings. The fraction of sp³-hybridized carbons (Fsp3) is 0.242. The van der Waals surface area contributed by atoms with Gasteiger partial charge in [-0.3, -0.25) is 14.3 Å². The molecule has 0 saturated carbocycles. The molecule has 1 N–H and O–H groups in total. The van der Waals surface area contributed by atoms with Crippen LogP contribution in [-0.4, -0.2) is 58.5 Å². The summed E-state index contributed by atoms with van der Waals surface area (Å²) in [5.41, 5.74) is 4.27. The number of hydrogen-bond acceptors (Lipinski definition) is 7. The van der Waals surface area contributed by atoms with Gasteiger partial charge in [-0.1, -0.05) is 54.6 Å². The highest BCUT2D eigenvalue weighted by Crippen LogP contribution is 2.33. The maximum absolute atomic E-state index is 12.8. The van der Waals surface area contributed by atoms with Crippen LogP contribution in [0, 0.1) is 0 Å². The lowest BCUT2D eigenvalue weighted by Gasteiger charge is -2.35. The third-order valence-corrected chi connectivity index (χ3v) is 7.90. The lowest BCUT2D eigenvalue weighted by molar-refractivity contribution is -0.120. The minimum Gasteiger partial charge on any atom is -0.454 e. The van der Waals surface area contributed by atoms with E-state index in [2.05, 4.69) is 49.6 Å². The summed E-state index contributed by atoms with van der Waals surface area (Å²) in [5.74, 6) is 3.24. The molecule has 1 saturated heterocycles. The molecule has 9 heteroatoms. The molecule has 0 bridgehead atoms. The topological polar surface area (TPSA) is 84.8 Å². The molecule has 0 spiro atoms. The zero-order chi connectivity index (χ0) is 28.3. The molecule has 42 heavy (non-hydrogen) atoms. The highest BCUT2D eigenvalue weighted by molar-refractivity contribution is 5.90. The van der Waals surface area contributed by atoms with Crippen molar-refractivity contribution in [2.45, 2.75) is 19.5 Å². The second-order valence-electron chi connectivity index (χ2n) is 10.7. The molecule has 0 atom stereocenters. The van der Waals surface area contributed by atoms with Crippen LogP contribution in [0.4, 0.5) is 5.82 Å². The Labute approximate surface area is 244 Å². The van der Waals surface area contributed by atoms with Gasteiger partial charge in [-0.15, -0.1) is 10.2 Å². The summed E-state index contributed by atoms with van der Waals surface area (Å²) in [4.78, 5) is 17.5. The Balaban J connectivity index is 0.998. The van der Waals surface area contributed by atoms with Crippen LogP contribution < -0.4 is 19.7 Å². The van der Waals surface area contributed by atoms with Crippen LogP contribution in [0.3, 0.4) is 0 Å². The normalized spacial score (nSPS) is 14.8. The number of amides is 1. The van der Waals surface area contributed by atoms with Gasteiger partial charge in [-0.05, 0) is 47.0 Å². The molecule has 0 unspecified atom stereocenters. The zero-order valence-corrected chi connectivity index (χ0v) is 23.3. The van der Waals surface area contributed by atoms with E-state index in [4.69, 9.17) is 9.47 Å². The van der Waals surface area contributed by atoms with Crippen molar-refractivity contribution in [2.75, 3.05) is 37.9 Å². The first-order chi connectivity index (χ1) is 20.7. The molecule has 1 fully saturated rings. The summed E-state index contributed by atoms with van der Waals surface area (Å²) in [7, 11) is 0. The van der Waals surface area contributed by atoms with Crippen molar-refractivity contribution in [3.63, 3.8) is 0 Å². The fourth-order valence-corrected chi connectivity index (χ4v) is 5.66. The highest BCUT2D eigenvalue weighted by atomic mass is 16.7. The molecule has 9 nitrogen and oxygen atoms in total. The number of nitrogens with zero attached hydrogens (tertiary/aromatic N) is 5. The van der Waals surface area contributed by atoms with Crippen molar-refractivity contribution in [1.82, 2.24) is 25.0 Å². The molecule has 7 rings (SSSR count). The maximum Gasteiger partial charge on any atom is 0.231 e. The van der Waals surface area contributed by atoms with Crippen LogP contribution in [0.15, 0.2) is 91.1 Å². The van der Waals surface area contributed by atoms with Crippen LogP contribution in [0.1, 0.15) is 16.7 Å². The van der Waals surface area contributed by atoms with Crippen molar-refractivity contribution in [2.24, 2.45) is 0 Å². The molecular formula is C33H32N6O3. The Hall–Kier alpha value is -4.89. The maximum atomic E-state index is 12.8.